The van der Waals surface area contributed by atoms with E-state index in [0.717, 1.165) is 24.3 Å². The highest BCUT2D eigenvalue weighted by molar-refractivity contribution is 7.89. The first kappa shape index (κ1) is 19.2. The third kappa shape index (κ3) is 4.91. The summed E-state index contributed by atoms with van der Waals surface area (Å²) in [6.45, 7) is 1.38. The van der Waals surface area contributed by atoms with Crippen LogP contribution in [0.5, 0.6) is 5.75 Å². The van der Waals surface area contributed by atoms with Crippen LogP contribution in [0.15, 0.2) is 47.4 Å². The first-order chi connectivity index (χ1) is 11.7. The molecule has 0 aliphatic heterocycles. The Hall–Kier alpha value is -2.16. The van der Waals surface area contributed by atoms with Crippen LogP contribution in [0.3, 0.4) is 0 Å². The van der Waals surface area contributed by atoms with Crippen molar-refractivity contribution in [1.29, 1.82) is 0 Å². The molecule has 2 aromatic rings. The number of rotatable bonds is 6. The van der Waals surface area contributed by atoms with Crippen LogP contribution in [0.1, 0.15) is 6.92 Å². The van der Waals surface area contributed by atoms with E-state index in [1.54, 1.807) is 12.1 Å². The average Bonchev–Trinajstić information content (AvgIpc) is 2.55. The van der Waals surface area contributed by atoms with Gasteiger partial charge in [0.15, 0.2) is 0 Å². The Kier molecular flexibility index (Phi) is 5.99. The fraction of sp³-hybridized carbons (Fsp3) is 0.188. The lowest BCUT2D eigenvalue weighted by Crippen LogP contribution is -2.41. The molecule has 0 bridgehead atoms. The van der Waals surface area contributed by atoms with Gasteiger partial charge in [0.2, 0.25) is 15.9 Å². The van der Waals surface area contributed by atoms with E-state index in [9.17, 15) is 17.6 Å². The van der Waals surface area contributed by atoms with Crippen LogP contribution in [0.25, 0.3) is 0 Å². The van der Waals surface area contributed by atoms with Crippen LogP contribution in [-0.2, 0) is 14.8 Å². The highest BCUT2D eigenvalue weighted by atomic mass is 35.5. The molecule has 0 aliphatic rings. The summed E-state index contributed by atoms with van der Waals surface area (Å²) in [5.41, 5.74) is 0.313. The van der Waals surface area contributed by atoms with Gasteiger partial charge in [-0.1, -0.05) is 11.6 Å². The zero-order chi connectivity index (χ0) is 18.6. The van der Waals surface area contributed by atoms with Crippen LogP contribution in [0, 0.1) is 5.82 Å². The molecule has 0 spiro atoms. The fourth-order valence-corrected chi connectivity index (χ4v) is 3.36. The van der Waals surface area contributed by atoms with E-state index >= 15 is 0 Å². The highest BCUT2D eigenvalue weighted by Gasteiger charge is 2.23. The number of carbonyl (C=O) groups is 1. The van der Waals surface area contributed by atoms with Crippen LogP contribution in [-0.4, -0.2) is 27.5 Å². The van der Waals surface area contributed by atoms with Crippen molar-refractivity contribution in [3.63, 3.8) is 0 Å². The molecule has 1 unspecified atom stereocenters. The van der Waals surface area contributed by atoms with Gasteiger partial charge in [-0.25, -0.2) is 12.8 Å². The number of nitrogens with one attached hydrogen (secondary N) is 2. The van der Waals surface area contributed by atoms with Crippen molar-refractivity contribution < 1.29 is 22.3 Å². The summed E-state index contributed by atoms with van der Waals surface area (Å²) in [4.78, 5) is 12.1. The Morgan fingerprint density at radius 1 is 1.20 bits per heavy atom. The molecule has 0 aromatic heterocycles. The quantitative estimate of drug-likeness (QED) is 0.799. The molecule has 1 amide bonds. The largest absolute Gasteiger partial charge is 0.495 e. The lowest BCUT2D eigenvalue weighted by Gasteiger charge is -2.16. The van der Waals surface area contributed by atoms with E-state index in [1.807, 2.05) is 0 Å². The number of benzene rings is 2. The van der Waals surface area contributed by atoms with Gasteiger partial charge < -0.3 is 10.1 Å². The minimum Gasteiger partial charge on any atom is -0.495 e. The third-order valence-corrected chi connectivity index (χ3v) is 5.06. The molecule has 0 fully saturated rings. The number of hydrogen-bond acceptors (Lipinski definition) is 4. The van der Waals surface area contributed by atoms with Crippen molar-refractivity contribution in [3.8, 4) is 5.75 Å². The molecule has 2 N–H and O–H groups in total. The van der Waals surface area contributed by atoms with E-state index in [4.69, 9.17) is 16.3 Å². The number of amides is 1. The number of methoxy groups -OCH3 is 1. The van der Waals surface area contributed by atoms with E-state index in [0.29, 0.717) is 16.5 Å². The summed E-state index contributed by atoms with van der Waals surface area (Å²) in [5, 5.41) is 2.93. The Morgan fingerprint density at radius 3 is 2.44 bits per heavy atom. The lowest BCUT2D eigenvalue weighted by atomic mass is 10.2. The number of hydrogen-bond donors (Lipinski definition) is 2. The SMILES string of the molecule is COc1ccc(Cl)cc1NC(=O)C(C)NS(=O)(=O)c1ccc(F)cc1. The molecule has 2 rings (SSSR count). The van der Waals surface area contributed by atoms with Gasteiger partial charge in [-0.15, -0.1) is 0 Å². The highest BCUT2D eigenvalue weighted by Crippen LogP contribution is 2.27. The van der Waals surface area contributed by atoms with Crippen LogP contribution >= 0.6 is 11.6 Å². The van der Waals surface area contributed by atoms with Crippen molar-refractivity contribution in [1.82, 2.24) is 4.72 Å². The predicted molar refractivity (Wildman–Crippen MR) is 92.8 cm³/mol. The maximum absolute atomic E-state index is 12.9. The van der Waals surface area contributed by atoms with Crippen molar-refractivity contribution in [2.75, 3.05) is 12.4 Å². The number of sulfonamides is 1. The Balaban J connectivity index is 2.12. The lowest BCUT2D eigenvalue weighted by molar-refractivity contribution is -0.117. The number of ether oxygens (including phenoxy) is 1. The van der Waals surface area contributed by atoms with Crippen LogP contribution in [0.2, 0.25) is 5.02 Å². The molecule has 6 nitrogen and oxygen atoms in total. The second kappa shape index (κ2) is 7.81. The number of anilines is 1. The molecule has 0 heterocycles. The molecule has 0 radical (unpaired) electrons. The maximum atomic E-state index is 12.9. The van der Waals surface area contributed by atoms with Crippen molar-refractivity contribution in [2.45, 2.75) is 17.9 Å². The normalized spacial score (nSPS) is 12.5. The standard InChI is InChI=1S/C16H16ClFN2O4S/c1-10(20-25(22,23)13-6-4-12(18)5-7-13)16(21)19-14-9-11(17)3-8-15(14)24-2/h3-10,20H,1-2H3,(H,19,21). The first-order valence-corrected chi connectivity index (χ1v) is 9.01. The fourth-order valence-electron chi connectivity index (χ4n) is 1.99. The zero-order valence-corrected chi connectivity index (χ0v) is 15.0. The molecule has 2 aromatic carbocycles. The van der Waals surface area contributed by atoms with Gasteiger partial charge in [0.05, 0.1) is 23.7 Å². The van der Waals surface area contributed by atoms with Gasteiger partial charge in [-0.3, -0.25) is 4.79 Å². The Morgan fingerprint density at radius 2 is 1.84 bits per heavy atom. The number of halogens is 2. The molecule has 0 aliphatic carbocycles. The summed E-state index contributed by atoms with van der Waals surface area (Å²) in [6.07, 6.45) is 0. The van der Waals surface area contributed by atoms with Crippen molar-refractivity contribution in [2.24, 2.45) is 0 Å². The van der Waals surface area contributed by atoms with E-state index < -0.39 is 27.8 Å². The maximum Gasteiger partial charge on any atom is 0.242 e. The molecular weight excluding hydrogens is 371 g/mol. The van der Waals surface area contributed by atoms with Gasteiger partial charge in [0.25, 0.3) is 0 Å². The van der Waals surface area contributed by atoms with Gasteiger partial charge in [0, 0.05) is 5.02 Å². The van der Waals surface area contributed by atoms with Gasteiger partial charge in [-0.05, 0) is 49.4 Å². The Bertz CT molecular complexity index is 872. The average molecular weight is 387 g/mol. The second-order valence-corrected chi connectivity index (χ2v) is 7.28. The van der Waals surface area contributed by atoms with Gasteiger partial charge in [0.1, 0.15) is 11.6 Å². The van der Waals surface area contributed by atoms with Crippen molar-refractivity contribution >= 4 is 33.2 Å². The molecule has 0 saturated heterocycles. The summed E-state index contributed by atoms with van der Waals surface area (Å²) >= 11 is 5.89. The van der Waals surface area contributed by atoms with E-state index in [-0.39, 0.29) is 4.90 Å². The monoisotopic (exact) mass is 386 g/mol. The Labute approximate surface area is 150 Å². The topological polar surface area (TPSA) is 84.5 Å². The van der Waals surface area contributed by atoms with Gasteiger partial charge in [-0.2, -0.15) is 4.72 Å². The van der Waals surface area contributed by atoms with Crippen LogP contribution in [0.4, 0.5) is 10.1 Å². The molecule has 9 heteroatoms. The predicted octanol–water partition coefficient (Wildman–Crippen LogP) is 2.79. The van der Waals surface area contributed by atoms with E-state index in [1.165, 1.54) is 20.1 Å². The van der Waals surface area contributed by atoms with Crippen LogP contribution < -0.4 is 14.8 Å². The third-order valence-electron chi connectivity index (χ3n) is 3.27. The summed E-state index contributed by atoms with van der Waals surface area (Å²) in [6, 6.07) is 7.84. The summed E-state index contributed by atoms with van der Waals surface area (Å²) in [7, 11) is -2.54. The molecule has 1 atom stereocenters. The van der Waals surface area contributed by atoms with Gasteiger partial charge >= 0.3 is 0 Å². The molecule has 134 valence electrons. The first-order valence-electron chi connectivity index (χ1n) is 7.15. The molecular formula is C16H16ClFN2O4S. The second-order valence-electron chi connectivity index (χ2n) is 5.13. The molecule has 0 saturated carbocycles. The number of carbonyl (C=O) groups excluding carboxylic acids is 1. The summed E-state index contributed by atoms with van der Waals surface area (Å²) < 4.78 is 44.7. The molecule has 25 heavy (non-hydrogen) atoms. The minimum absolute atomic E-state index is 0.145. The van der Waals surface area contributed by atoms with Crippen molar-refractivity contribution in [3.05, 3.63) is 53.3 Å². The summed E-state index contributed by atoms with van der Waals surface area (Å²) in [5.74, 6) is -0.782. The smallest absolute Gasteiger partial charge is 0.242 e. The minimum atomic E-state index is -3.97. The van der Waals surface area contributed by atoms with E-state index in [2.05, 4.69) is 10.0 Å². The zero-order valence-electron chi connectivity index (χ0n) is 13.4.